The molecule has 1 aliphatic carbocycles. The van der Waals surface area contributed by atoms with E-state index < -0.39 is 12.4 Å². The summed E-state index contributed by atoms with van der Waals surface area (Å²) in [5, 5.41) is 10.5. The highest BCUT2D eigenvalue weighted by Crippen LogP contribution is 2.38. The molecular formula is C27H35F2NO3. The molecule has 1 saturated heterocycles. The van der Waals surface area contributed by atoms with Gasteiger partial charge in [0.25, 0.3) is 6.43 Å². The largest absolute Gasteiger partial charge is 0.490 e. The van der Waals surface area contributed by atoms with Gasteiger partial charge >= 0.3 is 5.97 Å². The molecule has 0 atom stereocenters. The normalized spacial score (nSPS) is 22.7. The zero-order valence-electron chi connectivity index (χ0n) is 19.4. The van der Waals surface area contributed by atoms with Crippen LogP contribution in [0.2, 0.25) is 0 Å². The lowest BCUT2D eigenvalue weighted by atomic mass is 9.89. The number of carboxylic acids is 1. The Labute approximate surface area is 194 Å². The third-order valence-corrected chi connectivity index (χ3v) is 7.44. The lowest BCUT2D eigenvalue weighted by Gasteiger charge is -2.29. The van der Waals surface area contributed by atoms with Crippen molar-refractivity contribution in [3.63, 3.8) is 0 Å². The summed E-state index contributed by atoms with van der Waals surface area (Å²) in [5.74, 6) is 0.123. The fourth-order valence-electron chi connectivity index (χ4n) is 5.30. The zero-order chi connectivity index (χ0) is 23.4. The molecule has 1 N–H and O–H groups in total. The molecule has 33 heavy (non-hydrogen) atoms. The van der Waals surface area contributed by atoms with Crippen LogP contribution in [0.15, 0.2) is 30.3 Å². The van der Waals surface area contributed by atoms with Crippen molar-refractivity contribution in [1.29, 1.82) is 0 Å². The highest BCUT2D eigenvalue weighted by atomic mass is 19.3. The number of ether oxygens (including phenoxy) is 1. The number of hydrogen-bond acceptors (Lipinski definition) is 3. The molecule has 0 bridgehead atoms. The smallest absolute Gasteiger partial charge is 0.306 e. The molecule has 0 aromatic heterocycles. The summed E-state index contributed by atoms with van der Waals surface area (Å²) in [6.07, 6.45) is 4.74. The molecule has 1 aliphatic heterocycles. The van der Waals surface area contributed by atoms with Crippen molar-refractivity contribution in [3.05, 3.63) is 41.5 Å². The molecule has 2 fully saturated rings. The summed E-state index contributed by atoms with van der Waals surface area (Å²) in [7, 11) is 0. The summed E-state index contributed by atoms with van der Waals surface area (Å²) >= 11 is 0. The summed E-state index contributed by atoms with van der Waals surface area (Å²) in [5.41, 5.74) is 1.15. The number of aliphatic carboxylic acids is 1. The second-order valence-electron chi connectivity index (χ2n) is 9.89. The Morgan fingerprint density at radius 3 is 2.48 bits per heavy atom. The van der Waals surface area contributed by atoms with E-state index in [1.165, 1.54) is 0 Å². The van der Waals surface area contributed by atoms with Crippen LogP contribution in [0.5, 0.6) is 5.75 Å². The Kier molecular flexibility index (Phi) is 7.84. The monoisotopic (exact) mass is 459 g/mol. The Morgan fingerprint density at radius 1 is 1.09 bits per heavy atom. The fraction of sp³-hybridized carbons (Fsp3) is 0.593. The van der Waals surface area contributed by atoms with Crippen LogP contribution in [0.3, 0.4) is 0 Å². The summed E-state index contributed by atoms with van der Waals surface area (Å²) in [4.78, 5) is 13.4. The van der Waals surface area contributed by atoms with E-state index in [9.17, 15) is 13.6 Å². The van der Waals surface area contributed by atoms with Gasteiger partial charge in [0.05, 0.1) is 17.6 Å². The van der Waals surface area contributed by atoms with Crippen LogP contribution in [0.25, 0.3) is 10.8 Å². The molecule has 180 valence electrons. The number of hydrogen-bond donors (Lipinski definition) is 1. The van der Waals surface area contributed by atoms with E-state index in [0.717, 1.165) is 69.1 Å². The van der Waals surface area contributed by atoms with Crippen LogP contribution in [-0.2, 0) is 11.2 Å². The Balaban J connectivity index is 1.39. The van der Waals surface area contributed by atoms with E-state index in [1.54, 1.807) is 6.07 Å². The van der Waals surface area contributed by atoms with Gasteiger partial charge in [-0.2, -0.15) is 0 Å². The van der Waals surface area contributed by atoms with Crippen molar-refractivity contribution in [2.75, 3.05) is 19.6 Å². The molecule has 0 spiro atoms. The molecule has 0 radical (unpaired) electrons. The van der Waals surface area contributed by atoms with Gasteiger partial charge in [-0.15, -0.1) is 0 Å². The van der Waals surface area contributed by atoms with Crippen molar-refractivity contribution in [1.82, 2.24) is 4.90 Å². The van der Waals surface area contributed by atoms with Crippen molar-refractivity contribution in [3.8, 4) is 5.75 Å². The van der Waals surface area contributed by atoms with Crippen molar-refractivity contribution in [2.24, 2.45) is 11.8 Å². The zero-order valence-corrected chi connectivity index (χ0v) is 19.4. The van der Waals surface area contributed by atoms with Crippen LogP contribution in [0.4, 0.5) is 8.78 Å². The Bertz CT molecular complexity index is 948. The number of halogens is 2. The van der Waals surface area contributed by atoms with Crippen molar-refractivity contribution >= 4 is 16.7 Å². The topological polar surface area (TPSA) is 49.8 Å². The first-order chi connectivity index (χ1) is 15.9. The molecule has 4 rings (SSSR count). The average Bonchev–Trinajstić information content (AvgIpc) is 2.80. The maximum atomic E-state index is 14.0. The van der Waals surface area contributed by atoms with Crippen LogP contribution in [-0.4, -0.2) is 41.7 Å². The summed E-state index contributed by atoms with van der Waals surface area (Å²) < 4.78 is 34.1. The number of benzene rings is 2. The van der Waals surface area contributed by atoms with E-state index in [-0.39, 0.29) is 17.6 Å². The molecule has 0 unspecified atom stereocenters. The van der Waals surface area contributed by atoms with Gasteiger partial charge in [0, 0.05) is 0 Å². The highest BCUT2D eigenvalue weighted by Gasteiger charge is 2.25. The third-order valence-electron chi connectivity index (χ3n) is 7.44. The number of aryl methyl sites for hydroxylation is 1. The van der Waals surface area contributed by atoms with Crippen LogP contribution in [0, 0.1) is 11.8 Å². The first kappa shape index (κ1) is 23.9. The number of alkyl halides is 2. The Hall–Kier alpha value is -2.21. The number of fused-ring (bicyclic) bond motifs is 1. The number of piperidine rings is 1. The van der Waals surface area contributed by atoms with Gasteiger partial charge in [0.15, 0.2) is 0 Å². The number of rotatable bonds is 8. The Morgan fingerprint density at radius 2 is 1.82 bits per heavy atom. The van der Waals surface area contributed by atoms with Gasteiger partial charge in [0.2, 0.25) is 0 Å². The quantitative estimate of drug-likeness (QED) is 0.492. The third kappa shape index (κ3) is 6.03. The van der Waals surface area contributed by atoms with Gasteiger partial charge in [-0.3, -0.25) is 4.79 Å². The minimum atomic E-state index is -2.58. The molecule has 0 amide bonds. The number of carboxylic acid groups (broad SMARTS) is 1. The fourth-order valence-corrected chi connectivity index (χ4v) is 5.30. The molecule has 6 heteroatoms. The molecule has 1 heterocycles. The minimum absolute atomic E-state index is 0.0129. The lowest BCUT2D eigenvalue weighted by Crippen LogP contribution is -2.36. The van der Waals surface area contributed by atoms with E-state index in [0.29, 0.717) is 29.9 Å². The average molecular weight is 460 g/mol. The molecular weight excluding hydrogens is 424 g/mol. The second-order valence-corrected chi connectivity index (χ2v) is 9.89. The van der Waals surface area contributed by atoms with Crippen LogP contribution >= 0.6 is 0 Å². The predicted molar refractivity (Wildman–Crippen MR) is 126 cm³/mol. The molecule has 1 saturated carbocycles. The summed E-state index contributed by atoms with van der Waals surface area (Å²) in [6, 6.07) is 9.42. The van der Waals surface area contributed by atoms with Gasteiger partial charge in [-0.05, 0) is 99.3 Å². The lowest BCUT2D eigenvalue weighted by molar-refractivity contribution is -0.143. The first-order valence-electron chi connectivity index (χ1n) is 12.4. The standard InChI is InChI=1S/C27H35F2NO3/c1-18-4-8-22(9-5-18)33-24-11-7-21-17-19(6-10-23(21)25(24)26(28)29)3-2-14-30-15-12-20(13-16-30)27(31)32/h6-7,10-11,17-18,20,22,26H,2-5,8-9,12-16H2,1H3,(H,31,32)/t18-,22+. The predicted octanol–water partition coefficient (Wildman–Crippen LogP) is 6.46. The van der Waals surface area contributed by atoms with E-state index in [4.69, 9.17) is 9.84 Å². The highest BCUT2D eigenvalue weighted by molar-refractivity contribution is 5.88. The SMILES string of the molecule is C[C@H]1CC[C@@H](Oc2ccc3cc(CCCN4CCC(C(=O)O)CC4)ccc3c2C(F)F)CC1. The molecule has 2 aromatic carbocycles. The van der Waals surface area contributed by atoms with E-state index >= 15 is 0 Å². The van der Waals surface area contributed by atoms with Gasteiger partial charge in [-0.1, -0.05) is 31.2 Å². The van der Waals surface area contributed by atoms with Gasteiger partial charge in [-0.25, -0.2) is 8.78 Å². The molecule has 4 nitrogen and oxygen atoms in total. The summed E-state index contributed by atoms with van der Waals surface area (Å²) in [6.45, 7) is 4.82. The van der Waals surface area contributed by atoms with Gasteiger partial charge < -0.3 is 14.7 Å². The number of likely N-dealkylation sites (tertiary alicyclic amines) is 1. The van der Waals surface area contributed by atoms with Crippen molar-refractivity contribution < 1.29 is 23.4 Å². The maximum Gasteiger partial charge on any atom is 0.306 e. The number of carbonyl (C=O) groups is 1. The van der Waals surface area contributed by atoms with E-state index in [2.05, 4.69) is 11.8 Å². The first-order valence-corrected chi connectivity index (χ1v) is 12.4. The maximum absolute atomic E-state index is 14.0. The number of nitrogens with zero attached hydrogens (tertiary/aromatic N) is 1. The van der Waals surface area contributed by atoms with Crippen LogP contribution < -0.4 is 4.74 Å². The molecule has 2 aliphatic rings. The van der Waals surface area contributed by atoms with Crippen LogP contribution in [0.1, 0.15) is 69.4 Å². The molecule has 2 aromatic rings. The minimum Gasteiger partial charge on any atom is -0.490 e. The van der Waals surface area contributed by atoms with Gasteiger partial charge in [0.1, 0.15) is 5.75 Å². The second kappa shape index (κ2) is 10.8. The van der Waals surface area contributed by atoms with Crippen molar-refractivity contribution in [2.45, 2.75) is 70.8 Å². The van der Waals surface area contributed by atoms with E-state index in [1.807, 2.05) is 24.3 Å².